The van der Waals surface area contributed by atoms with Crippen molar-refractivity contribution in [2.45, 2.75) is 13.8 Å². The molecule has 3 rings (SSSR count). The van der Waals surface area contributed by atoms with Crippen LogP contribution in [0.5, 0.6) is 0 Å². The minimum absolute atomic E-state index is 0.202. The van der Waals surface area contributed by atoms with Crippen LogP contribution in [0.4, 0.5) is 11.4 Å². The average molecular weight is 447 g/mol. The van der Waals surface area contributed by atoms with Gasteiger partial charge in [-0.1, -0.05) is 18.2 Å². The summed E-state index contributed by atoms with van der Waals surface area (Å²) in [5.74, 6) is -0.202. The van der Waals surface area contributed by atoms with Crippen molar-refractivity contribution >= 4 is 39.9 Å². The zero-order chi connectivity index (χ0) is 18.1. The molecule has 0 bridgehead atoms. The van der Waals surface area contributed by atoms with Crippen molar-refractivity contribution in [1.82, 2.24) is 9.36 Å². The van der Waals surface area contributed by atoms with Gasteiger partial charge in [0.15, 0.2) is 0 Å². The third-order valence-corrected chi connectivity index (χ3v) is 4.87. The number of amides is 1. The number of benzene rings is 2. The standard InChI is InChI=1S/C19H18IN3O2/c1-13-18(22(14(2)24)16-11-9-15(20)10-12-16)19(25)23(21(13)3)17-7-5-4-6-8-17/h4-12H,1-3H3. The first kappa shape index (κ1) is 17.5. The Morgan fingerprint density at radius 2 is 1.64 bits per heavy atom. The van der Waals surface area contributed by atoms with Gasteiger partial charge in [0.25, 0.3) is 5.56 Å². The minimum atomic E-state index is -0.222. The predicted octanol–water partition coefficient (Wildman–Crippen LogP) is 3.77. The normalized spacial score (nSPS) is 10.7. The SMILES string of the molecule is CC(=O)N(c1ccc(I)cc1)c1c(C)n(C)n(-c2ccccc2)c1=O. The van der Waals surface area contributed by atoms with Crippen LogP contribution < -0.4 is 10.5 Å². The highest BCUT2D eigenvalue weighted by molar-refractivity contribution is 14.1. The number of aromatic nitrogens is 2. The van der Waals surface area contributed by atoms with Crippen LogP contribution in [0.2, 0.25) is 0 Å². The molecule has 0 aliphatic carbocycles. The van der Waals surface area contributed by atoms with Crippen LogP contribution >= 0.6 is 22.6 Å². The van der Waals surface area contributed by atoms with E-state index in [2.05, 4.69) is 22.6 Å². The summed E-state index contributed by atoms with van der Waals surface area (Å²) in [6.07, 6.45) is 0. The fourth-order valence-electron chi connectivity index (χ4n) is 2.87. The van der Waals surface area contributed by atoms with Crippen molar-refractivity contribution in [2.75, 3.05) is 4.90 Å². The fourth-order valence-corrected chi connectivity index (χ4v) is 3.23. The van der Waals surface area contributed by atoms with Gasteiger partial charge in [0.2, 0.25) is 5.91 Å². The fraction of sp³-hybridized carbons (Fsp3) is 0.158. The Morgan fingerprint density at radius 3 is 2.20 bits per heavy atom. The van der Waals surface area contributed by atoms with E-state index >= 15 is 0 Å². The monoisotopic (exact) mass is 447 g/mol. The molecule has 1 heterocycles. The molecule has 1 amide bonds. The lowest BCUT2D eigenvalue weighted by molar-refractivity contribution is -0.115. The average Bonchev–Trinajstić information content (AvgIpc) is 2.81. The van der Waals surface area contributed by atoms with E-state index in [1.807, 2.05) is 68.6 Å². The number of anilines is 2. The number of para-hydroxylation sites is 1. The van der Waals surface area contributed by atoms with Gasteiger partial charge in [-0.25, -0.2) is 4.68 Å². The van der Waals surface area contributed by atoms with Crippen molar-refractivity contribution in [3.8, 4) is 5.69 Å². The summed E-state index contributed by atoms with van der Waals surface area (Å²) in [4.78, 5) is 27.0. The summed E-state index contributed by atoms with van der Waals surface area (Å²) in [6, 6.07) is 16.9. The molecule has 0 unspecified atom stereocenters. The Hall–Kier alpha value is -2.35. The molecule has 5 nitrogen and oxygen atoms in total. The van der Waals surface area contributed by atoms with Crippen LogP contribution in [0.15, 0.2) is 59.4 Å². The van der Waals surface area contributed by atoms with Crippen LogP contribution in [0, 0.1) is 10.5 Å². The van der Waals surface area contributed by atoms with Crippen molar-refractivity contribution in [1.29, 1.82) is 0 Å². The lowest BCUT2D eigenvalue weighted by Gasteiger charge is -2.20. The zero-order valence-corrected chi connectivity index (χ0v) is 16.4. The Morgan fingerprint density at radius 1 is 1.04 bits per heavy atom. The number of nitrogens with zero attached hydrogens (tertiary/aromatic N) is 3. The molecule has 1 aromatic heterocycles. The minimum Gasteiger partial charge on any atom is -0.283 e. The molecule has 128 valence electrons. The number of rotatable bonds is 3. The van der Waals surface area contributed by atoms with Gasteiger partial charge >= 0.3 is 0 Å². The van der Waals surface area contributed by atoms with E-state index in [9.17, 15) is 9.59 Å². The molecule has 25 heavy (non-hydrogen) atoms. The van der Waals surface area contributed by atoms with Crippen molar-refractivity contribution in [3.63, 3.8) is 0 Å². The van der Waals surface area contributed by atoms with Crippen molar-refractivity contribution in [2.24, 2.45) is 7.05 Å². The maximum Gasteiger partial charge on any atom is 0.296 e. The molecule has 0 aliphatic heterocycles. The molecular weight excluding hydrogens is 429 g/mol. The van der Waals surface area contributed by atoms with E-state index in [4.69, 9.17) is 0 Å². The number of carbonyl (C=O) groups is 1. The maximum atomic E-state index is 13.1. The van der Waals surface area contributed by atoms with Gasteiger partial charge in [0.1, 0.15) is 5.69 Å². The Bertz CT molecular complexity index is 972. The predicted molar refractivity (Wildman–Crippen MR) is 108 cm³/mol. The summed E-state index contributed by atoms with van der Waals surface area (Å²) >= 11 is 2.21. The topological polar surface area (TPSA) is 47.2 Å². The first-order valence-corrected chi connectivity index (χ1v) is 8.90. The number of carbonyl (C=O) groups excluding carboxylic acids is 1. The van der Waals surface area contributed by atoms with E-state index in [1.165, 1.54) is 11.8 Å². The summed E-state index contributed by atoms with van der Waals surface area (Å²) < 4.78 is 4.42. The van der Waals surface area contributed by atoms with E-state index in [0.29, 0.717) is 11.4 Å². The maximum absolute atomic E-state index is 13.1. The lowest BCUT2D eigenvalue weighted by atomic mass is 10.2. The molecule has 6 heteroatoms. The van der Waals surface area contributed by atoms with E-state index in [1.54, 1.807) is 9.36 Å². The first-order chi connectivity index (χ1) is 11.9. The van der Waals surface area contributed by atoms with Crippen LogP contribution in [-0.2, 0) is 11.8 Å². The largest absolute Gasteiger partial charge is 0.296 e. The summed E-state index contributed by atoms with van der Waals surface area (Å²) in [7, 11) is 1.82. The highest BCUT2D eigenvalue weighted by Gasteiger charge is 2.25. The van der Waals surface area contributed by atoms with Crippen molar-refractivity contribution in [3.05, 3.63) is 74.2 Å². The molecule has 0 aliphatic rings. The van der Waals surface area contributed by atoms with Gasteiger partial charge < -0.3 is 0 Å². The van der Waals surface area contributed by atoms with Gasteiger partial charge in [-0.05, 0) is 65.9 Å². The van der Waals surface area contributed by atoms with Gasteiger partial charge in [-0.2, -0.15) is 0 Å². The van der Waals surface area contributed by atoms with Crippen LogP contribution in [-0.4, -0.2) is 15.3 Å². The number of hydrogen-bond donors (Lipinski definition) is 0. The second kappa shape index (κ2) is 6.87. The molecule has 0 saturated carbocycles. The van der Waals surface area contributed by atoms with Crippen LogP contribution in [0.3, 0.4) is 0 Å². The van der Waals surface area contributed by atoms with Crippen LogP contribution in [0.25, 0.3) is 5.69 Å². The lowest BCUT2D eigenvalue weighted by Crippen LogP contribution is -2.29. The van der Waals surface area contributed by atoms with Gasteiger partial charge in [0.05, 0.1) is 11.4 Å². The molecule has 0 spiro atoms. The highest BCUT2D eigenvalue weighted by Crippen LogP contribution is 2.27. The third-order valence-electron chi connectivity index (χ3n) is 4.15. The summed E-state index contributed by atoms with van der Waals surface area (Å²) in [6.45, 7) is 3.31. The molecule has 0 saturated heterocycles. The van der Waals surface area contributed by atoms with Crippen molar-refractivity contribution < 1.29 is 4.79 Å². The smallest absolute Gasteiger partial charge is 0.283 e. The van der Waals surface area contributed by atoms with E-state index in [-0.39, 0.29) is 11.5 Å². The molecular formula is C19H18IN3O2. The van der Waals surface area contributed by atoms with E-state index < -0.39 is 0 Å². The molecule has 0 atom stereocenters. The zero-order valence-electron chi connectivity index (χ0n) is 14.2. The summed E-state index contributed by atoms with van der Waals surface area (Å²) in [5, 5.41) is 0. The molecule has 2 aromatic carbocycles. The Kier molecular flexibility index (Phi) is 4.80. The second-order valence-corrected chi connectivity index (χ2v) is 6.99. The highest BCUT2D eigenvalue weighted by atomic mass is 127. The second-order valence-electron chi connectivity index (χ2n) is 5.74. The van der Waals surface area contributed by atoms with Gasteiger partial charge in [-0.3, -0.25) is 19.2 Å². The molecule has 0 N–H and O–H groups in total. The van der Waals surface area contributed by atoms with Gasteiger partial charge in [-0.15, -0.1) is 0 Å². The molecule has 0 fully saturated rings. The first-order valence-electron chi connectivity index (χ1n) is 7.82. The molecule has 3 aromatic rings. The summed E-state index contributed by atoms with van der Waals surface area (Å²) in [5.41, 5.74) is 2.32. The molecule has 0 radical (unpaired) electrons. The number of halogens is 1. The number of hydrogen-bond acceptors (Lipinski definition) is 2. The quantitative estimate of drug-likeness (QED) is 0.574. The Labute approximate surface area is 159 Å². The van der Waals surface area contributed by atoms with Crippen LogP contribution in [0.1, 0.15) is 12.6 Å². The Balaban J connectivity index is 2.24. The third kappa shape index (κ3) is 3.13. The van der Waals surface area contributed by atoms with E-state index in [0.717, 1.165) is 15.0 Å². The van der Waals surface area contributed by atoms with Gasteiger partial charge in [0, 0.05) is 23.2 Å².